The van der Waals surface area contributed by atoms with Gasteiger partial charge in [0, 0.05) is 13.0 Å². The van der Waals surface area contributed by atoms with E-state index < -0.39 is 75.5 Å². The highest BCUT2D eigenvalue weighted by atomic mass is 32.2. The van der Waals surface area contributed by atoms with E-state index in [9.17, 15) is 40.8 Å². The van der Waals surface area contributed by atoms with E-state index in [0.717, 1.165) is 21.6 Å². The average molecular weight is 710 g/mol. The second kappa shape index (κ2) is 14.5. The maximum atomic E-state index is 14.3. The van der Waals surface area contributed by atoms with E-state index in [-0.39, 0.29) is 32.5 Å². The molecule has 49 heavy (non-hydrogen) atoms. The fourth-order valence-electron chi connectivity index (χ4n) is 6.40. The van der Waals surface area contributed by atoms with Crippen LogP contribution in [-0.4, -0.2) is 90.3 Å². The van der Waals surface area contributed by atoms with Crippen molar-refractivity contribution in [1.29, 1.82) is 0 Å². The van der Waals surface area contributed by atoms with Gasteiger partial charge in [-0.05, 0) is 68.7 Å². The molecule has 4 amide bonds. The smallest absolute Gasteiger partial charge is 0.412 e. The number of carbonyl (C=O) groups is 4. The number of nitrogens with zero attached hydrogens (tertiary/aromatic N) is 2. The number of sulfonamides is 1. The Labute approximate surface area is 283 Å². The molecule has 12 nitrogen and oxygen atoms in total. The number of alkyl halides is 3. The summed E-state index contributed by atoms with van der Waals surface area (Å²) in [5.41, 5.74) is 0.947. The van der Waals surface area contributed by atoms with E-state index in [1.807, 2.05) is 35.1 Å². The minimum atomic E-state index is -5.01. The van der Waals surface area contributed by atoms with Crippen LogP contribution in [0.1, 0.15) is 75.0 Å². The number of allylic oxidation sites excluding steroid dienone is 1. The summed E-state index contributed by atoms with van der Waals surface area (Å²) in [5.74, 6) is -3.50. The van der Waals surface area contributed by atoms with Crippen LogP contribution in [0.25, 0.3) is 6.08 Å². The lowest BCUT2D eigenvalue weighted by atomic mass is 9.96. The van der Waals surface area contributed by atoms with Crippen LogP contribution in [-0.2, 0) is 42.2 Å². The molecule has 16 heteroatoms. The Morgan fingerprint density at radius 2 is 1.90 bits per heavy atom. The third kappa shape index (κ3) is 8.46. The first-order valence-electron chi connectivity index (χ1n) is 16.5. The van der Waals surface area contributed by atoms with Crippen molar-refractivity contribution in [3.63, 3.8) is 0 Å². The summed E-state index contributed by atoms with van der Waals surface area (Å²) in [7, 11) is -4.01. The van der Waals surface area contributed by atoms with Crippen molar-refractivity contribution >= 4 is 39.9 Å². The minimum absolute atomic E-state index is 0.114. The number of amides is 4. The largest absolute Gasteiger partial charge is 0.444 e. The van der Waals surface area contributed by atoms with Gasteiger partial charge in [-0.15, -0.1) is 6.58 Å². The van der Waals surface area contributed by atoms with Gasteiger partial charge in [0.2, 0.25) is 21.8 Å². The van der Waals surface area contributed by atoms with Crippen LogP contribution in [0.5, 0.6) is 0 Å². The maximum absolute atomic E-state index is 14.3. The molecule has 1 aromatic carbocycles. The molecule has 3 heterocycles. The molecule has 1 saturated carbocycles. The number of benzene rings is 1. The highest BCUT2D eigenvalue weighted by molar-refractivity contribution is 7.91. The van der Waals surface area contributed by atoms with Gasteiger partial charge in [0.25, 0.3) is 5.91 Å². The lowest BCUT2D eigenvalue weighted by Crippen LogP contribution is -2.62. The van der Waals surface area contributed by atoms with Crippen LogP contribution >= 0.6 is 0 Å². The SMILES string of the molecule is C=CC[C@@](C)(NC(=O)[C@@H]1C[C@@H]2CN1C(=O)C(C(F)(F)F)NCCCCC/C=C/c1cccc3c1CN(C3)C(=O)O2)C(=O)NS(=O)(=O)C1CC1. The number of hydrogen-bond donors (Lipinski definition) is 3. The van der Waals surface area contributed by atoms with Crippen molar-refractivity contribution in [1.82, 2.24) is 25.2 Å². The Kier molecular flexibility index (Phi) is 10.8. The second-order valence-electron chi connectivity index (χ2n) is 13.3. The number of fused-ring (bicyclic) bond motifs is 3. The quantitative estimate of drug-likeness (QED) is 0.365. The highest BCUT2D eigenvalue weighted by Crippen LogP contribution is 2.32. The average Bonchev–Trinajstić information content (AvgIpc) is 3.67. The monoisotopic (exact) mass is 709 g/mol. The van der Waals surface area contributed by atoms with Gasteiger partial charge < -0.3 is 15.0 Å². The van der Waals surface area contributed by atoms with Crippen LogP contribution in [0.3, 0.4) is 0 Å². The molecule has 4 atom stereocenters. The van der Waals surface area contributed by atoms with Crippen LogP contribution < -0.4 is 15.4 Å². The molecular weight excluding hydrogens is 667 g/mol. The summed E-state index contributed by atoms with van der Waals surface area (Å²) in [5, 5.41) is 4.03. The van der Waals surface area contributed by atoms with E-state index in [4.69, 9.17) is 4.74 Å². The molecule has 268 valence electrons. The topological polar surface area (TPSA) is 154 Å². The number of nitrogens with one attached hydrogen (secondary N) is 3. The molecule has 4 aliphatic rings. The Bertz CT molecular complexity index is 1610. The number of halogens is 3. The van der Waals surface area contributed by atoms with Crippen molar-refractivity contribution in [2.24, 2.45) is 0 Å². The summed E-state index contributed by atoms with van der Waals surface area (Å²) >= 11 is 0. The Morgan fingerprint density at radius 1 is 1.14 bits per heavy atom. The Hall–Kier alpha value is -3.92. The molecule has 1 unspecified atom stereocenters. The van der Waals surface area contributed by atoms with Crippen molar-refractivity contribution in [2.75, 3.05) is 13.1 Å². The fourth-order valence-corrected chi connectivity index (χ4v) is 7.81. The molecule has 0 spiro atoms. The predicted molar refractivity (Wildman–Crippen MR) is 173 cm³/mol. The molecule has 0 aromatic heterocycles. The van der Waals surface area contributed by atoms with Gasteiger partial charge in [-0.25, -0.2) is 13.2 Å². The van der Waals surface area contributed by atoms with Gasteiger partial charge in [0.15, 0.2) is 6.04 Å². The summed E-state index contributed by atoms with van der Waals surface area (Å²) < 4.78 is 75.6. The number of carbonyl (C=O) groups excluding carboxylic acids is 4. The molecule has 1 aliphatic carbocycles. The van der Waals surface area contributed by atoms with E-state index in [0.29, 0.717) is 38.5 Å². The van der Waals surface area contributed by atoms with Crippen LogP contribution in [0.4, 0.5) is 18.0 Å². The first kappa shape index (κ1) is 36.4. The number of ether oxygens (including phenoxy) is 1. The van der Waals surface area contributed by atoms with Gasteiger partial charge in [0.1, 0.15) is 17.7 Å². The van der Waals surface area contributed by atoms with Crippen molar-refractivity contribution in [2.45, 2.75) is 107 Å². The molecule has 1 saturated heterocycles. The van der Waals surface area contributed by atoms with Crippen LogP contribution in [0.2, 0.25) is 0 Å². The molecule has 1 aromatic rings. The van der Waals surface area contributed by atoms with E-state index in [1.165, 1.54) is 17.9 Å². The fraction of sp³-hybridized carbons (Fsp3) is 0.576. The number of rotatable bonds is 7. The summed E-state index contributed by atoms with van der Waals surface area (Å²) in [6.07, 6.45) is 0.876. The number of hydrogen-bond acceptors (Lipinski definition) is 8. The zero-order valence-corrected chi connectivity index (χ0v) is 28.1. The third-order valence-corrected chi connectivity index (χ3v) is 11.1. The molecule has 2 fully saturated rings. The van der Waals surface area contributed by atoms with Gasteiger partial charge in [0.05, 0.1) is 18.3 Å². The Balaban J connectivity index is 1.41. The predicted octanol–water partition coefficient (Wildman–Crippen LogP) is 3.28. The zero-order chi connectivity index (χ0) is 35.6. The minimum Gasteiger partial charge on any atom is -0.444 e. The second-order valence-corrected chi connectivity index (χ2v) is 15.2. The molecule has 0 radical (unpaired) electrons. The van der Waals surface area contributed by atoms with E-state index in [1.54, 1.807) is 0 Å². The normalized spacial score (nSPS) is 25.7. The van der Waals surface area contributed by atoms with Crippen molar-refractivity contribution in [3.05, 3.63) is 53.6 Å². The lowest BCUT2D eigenvalue weighted by Gasteiger charge is -2.33. The summed E-state index contributed by atoms with van der Waals surface area (Å²) in [6, 6.07) is 1.52. The Morgan fingerprint density at radius 3 is 2.59 bits per heavy atom. The first-order valence-corrected chi connectivity index (χ1v) is 18.0. The van der Waals surface area contributed by atoms with Crippen LogP contribution in [0, 0.1) is 0 Å². The summed E-state index contributed by atoms with van der Waals surface area (Å²) in [6.45, 7) is 4.70. The standard InChI is InChI=1S/C33H42F3N5O7S/c1-3-15-32(2,30(44)39-49(46,47)24-13-14-24)38-28(42)26-17-23-19-41(26)29(43)27(33(34,35)36)37-16-8-6-4-5-7-10-21-11-9-12-22-18-40(20-25(21)22)31(45)48-23/h3,7,9-12,23-24,26-27,37H,1,4-6,8,13-20H2,2H3,(H,38,42)(H,39,44)/b10-7+/t23-,26+,27?,32-/m1/s1. The molecule has 4 bridgehead atoms. The van der Waals surface area contributed by atoms with Crippen molar-refractivity contribution < 1.29 is 45.5 Å². The zero-order valence-electron chi connectivity index (χ0n) is 27.3. The van der Waals surface area contributed by atoms with Gasteiger partial charge in [-0.2, -0.15) is 13.2 Å². The molecule has 5 rings (SSSR count). The lowest BCUT2D eigenvalue weighted by molar-refractivity contribution is -0.177. The first-order chi connectivity index (χ1) is 23.1. The van der Waals surface area contributed by atoms with Crippen LogP contribution in [0.15, 0.2) is 36.9 Å². The molecule has 3 aliphatic heterocycles. The molecule has 3 N–H and O–H groups in total. The third-order valence-electron chi connectivity index (χ3n) is 9.31. The molecular formula is C33H42F3N5O7S. The van der Waals surface area contributed by atoms with Crippen molar-refractivity contribution in [3.8, 4) is 0 Å². The van der Waals surface area contributed by atoms with Gasteiger partial charge >= 0.3 is 12.3 Å². The van der Waals surface area contributed by atoms with E-state index in [2.05, 4.69) is 17.2 Å². The van der Waals surface area contributed by atoms with Gasteiger partial charge in [-0.1, -0.05) is 42.8 Å². The van der Waals surface area contributed by atoms with Gasteiger partial charge in [-0.3, -0.25) is 29.3 Å². The maximum Gasteiger partial charge on any atom is 0.412 e. The van der Waals surface area contributed by atoms with E-state index >= 15 is 0 Å². The highest BCUT2D eigenvalue weighted by Gasteiger charge is 2.52. The summed E-state index contributed by atoms with van der Waals surface area (Å²) in [4.78, 5) is 56.2.